The van der Waals surface area contributed by atoms with Crippen molar-refractivity contribution in [3.05, 3.63) is 59.1 Å². The number of halogens is 1. The van der Waals surface area contributed by atoms with Gasteiger partial charge in [-0.15, -0.1) is 0 Å². The van der Waals surface area contributed by atoms with Crippen LogP contribution in [-0.2, 0) is 9.59 Å². The van der Waals surface area contributed by atoms with E-state index in [2.05, 4.69) is 10.6 Å². The van der Waals surface area contributed by atoms with Crippen LogP contribution in [0.5, 0.6) is 0 Å². The largest absolute Gasteiger partial charge is 0.321 e. The highest BCUT2D eigenvalue weighted by atomic mass is 35.5. The monoisotopic (exact) mass is 388 g/mol. The van der Waals surface area contributed by atoms with Crippen molar-refractivity contribution in [2.24, 2.45) is 0 Å². The normalized spacial score (nSPS) is 12.7. The molecule has 2 amide bonds. The topological polar surface area (TPSA) is 79.7 Å². The summed E-state index contributed by atoms with van der Waals surface area (Å²) in [5.41, 5.74) is 1.61. The third kappa shape index (κ3) is 5.91. The number of rotatable bonds is 7. The number of quaternary nitrogens is 1. The van der Waals surface area contributed by atoms with E-state index >= 15 is 0 Å². The molecule has 0 saturated heterocycles. The maximum atomic E-state index is 12.5. The molecule has 0 saturated carbocycles. The number of nitrogens with one attached hydrogen (secondary N) is 3. The van der Waals surface area contributed by atoms with E-state index in [1.807, 2.05) is 0 Å². The second-order valence-corrected chi connectivity index (χ2v) is 6.81. The predicted molar refractivity (Wildman–Crippen MR) is 106 cm³/mol. The highest BCUT2D eigenvalue weighted by molar-refractivity contribution is 6.33. The van der Waals surface area contributed by atoms with Gasteiger partial charge in [-0.2, -0.15) is 0 Å². The number of amides is 2. The lowest BCUT2D eigenvalue weighted by Crippen LogP contribution is -3.14. The molecule has 0 aliphatic heterocycles. The number of ketones is 1. The molecule has 0 aromatic heterocycles. The first kappa shape index (κ1) is 20.6. The number of carbonyl (C=O) groups excluding carboxylic acids is 3. The smallest absolute Gasteiger partial charge is 0.282 e. The number of para-hydroxylation sites is 1. The maximum absolute atomic E-state index is 12.5. The molecule has 0 fully saturated rings. The van der Waals surface area contributed by atoms with Gasteiger partial charge in [0.2, 0.25) is 0 Å². The first-order valence-electron chi connectivity index (χ1n) is 8.56. The fourth-order valence-corrected chi connectivity index (χ4v) is 2.64. The lowest BCUT2D eigenvalue weighted by Gasteiger charge is -2.21. The zero-order valence-electron chi connectivity index (χ0n) is 15.5. The predicted octanol–water partition coefficient (Wildman–Crippen LogP) is 2.02. The van der Waals surface area contributed by atoms with Gasteiger partial charge in [-0.25, -0.2) is 0 Å². The van der Waals surface area contributed by atoms with Crippen LogP contribution in [0.1, 0.15) is 24.2 Å². The van der Waals surface area contributed by atoms with E-state index < -0.39 is 6.04 Å². The lowest BCUT2D eigenvalue weighted by atomic mass is 10.1. The zero-order valence-corrected chi connectivity index (χ0v) is 16.3. The van der Waals surface area contributed by atoms with Crippen molar-refractivity contribution in [1.82, 2.24) is 0 Å². The van der Waals surface area contributed by atoms with Crippen LogP contribution in [0.3, 0.4) is 0 Å². The molecule has 0 spiro atoms. The summed E-state index contributed by atoms with van der Waals surface area (Å²) in [6.07, 6.45) is 0. The summed E-state index contributed by atoms with van der Waals surface area (Å²) in [5.74, 6) is -0.546. The Bertz CT molecular complexity index is 854. The number of anilines is 2. The van der Waals surface area contributed by atoms with Crippen LogP contribution in [0.2, 0.25) is 5.02 Å². The fourth-order valence-electron chi connectivity index (χ4n) is 2.45. The Morgan fingerprint density at radius 2 is 1.78 bits per heavy atom. The zero-order chi connectivity index (χ0) is 20.0. The average molecular weight is 389 g/mol. The van der Waals surface area contributed by atoms with Crippen LogP contribution in [0.4, 0.5) is 11.4 Å². The van der Waals surface area contributed by atoms with Crippen molar-refractivity contribution >= 4 is 40.6 Å². The molecule has 1 unspecified atom stereocenters. The van der Waals surface area contributed by atoms with E-state index in [4.69, 9.17) is 11.6 Å². The minimum absolute atomic E-state index is 0.0712. The molecule has 7 heteroatoms. The summed E-state index contributed by atoms with van der Waals surface area (Å²) in [4.78, 5) is 36.9. The van der Waals surface area contributed by atoms with Gasteiger partial charge in [-0.3, -0.25) is 14.4 Å². The standard InChI is InChI=1S/C20H22ClN3O3/c1-13(20(27)22-16-8-6-7-15(11-16)14(2)25)24(3)12-19(26)23-18-10-5-4-9-17(18)21/h4-11,13H,12H2,1-3H3,(H,22,27)(H,23,26)/p+1/t13-/m1/s1. The molecule has 27 heavy (non-hydrogen) atoms. The van der Waals surface area contributed by atoms with Gasteiger partial charge in [-0.1, -0.05) is 35.9 Å². The number of benzene rings is 2. The molecule has 2 aromatic rings. The van der Waals surface area contributed by atoms with Gasteiger partial charge >= 0.3 is 0 Å². The van der Waals surface area contributed by atoms with Gasteiger partial charge in [0.1, 0.15) is 0 Å². The minimum Gasteiger partial charge on any atom is -0.321 e. The molecular weight excluding hydrogens is 366 g/mol. The fraction of sp³-hybridized carbons (Fsp3) is 0.250. The van der Waals surface area contributed by atoms with Gasteiger partial charge in [0, 0.05) is 11.3 Å². The summed E-state index contributed by atoms with van der Waals surface area (Å²) in [6.45, 7) is 3.31. The summed E-state index contributed by atoms with van der Waals surface area (Å²) < 4.78 is 0. The second-order valence-electron chi connectivity index (χ2n) is 6.40. The number of likely N-dealkylation sites (N-methyl/N-ethyl adjacent to an activating group) is 1. The van der Waals surface area contributed by atoms with Crippen molar-refractivity contribution < 1.29 is 19.3 Å². The first-order chi connectivity index (χ1) is 12.8. The highest BCUT2D eigenvalue weighted by Crippen LogP contribution is 2.19. The maximum Gasteiger partial charge on any atom is 0.282 e. The first-order valence-corrected chi connectivity index (χ1v) is 8.94. The summed E-state index contributed by atoms with van der Waals surface area (Å²) in [5, 5.41) is 5.99. The molecule has 0 aliphatic carbocycles. The highest BCUT2D eigenvalue weighted by Gasteiger charge is 2.24. The van der Waals surface area contributed by atoms with Crippen molar-refractivity contribution in [1.29, 1.82) is 0 Å². The van der Waals surface area contributed by atoms with E-state index in [-0.39, 0.29) is 24.1 Å². The van der Waals surface area contributed by atoms with Gasteiger partial charge in [-0.05, 0) is 38.1 Å². The van der Waals surface area contributed by atoms with E-state index in [9.17, 15) is 14.4 Å². The van der Waals surface area contributed by atoms with Crippen LogP contribution in [0.15, 0.2) is 48.5 Å². The van der Waals surface area contributed by atoms with Crippen LogP contribution in [-0.4, -0.2) is 37.2 Å². The summed E-state index contributed by atoms with van der Waals surface area (Å²) in [6, 6.07) is 13.3. The average Bonchev–Trinajstić information content (AvgIpc) is 2.63. The van der Waals surface area contributed by atoms with E-state index in [0.29, 0.717) is 22.0 Å². The quantitative estimate of drug-likeness (QED) is 0.635. The molecule has 0 radical (unpaired) electrons. The van der Waals surface area contributed by atoms with Gasteiger partial charge in [0.05, 0.1) is 17.8 Å². The molecule has 6 nitrogen and oxygen atoms in total. The molecule has 3 N–H and O–H groups in total. The van der Waals surface area contributed by atoms with Crippen LogP contribution >= 0.6 is 11.6 Å². The van der Waals surface area contributed by atoms with E-state index in [1.54, 1.807) is 62.5 Å². The number of Topliss-reactive ketones (excluding diaryl/α,β-unsaturated/α-hetero) is 1. The van der Waals surface area contributed by atoms with Gasteiger partial charge in [0.25, 0.3) is 11.8 Å². The second kappa shape index (κ2) is 9.30. The van der Waals surface area contributed by atoms with Gasteiger partial charge in [0.15, 0.2) is 18.4 Å². The molecule has 2 aromatic carbocycles. The Morgan fingerprint density at radius 1 is 1.07 bits per heavy atom. The van der Waals surface area contributed by atoms with Crippen molar-refractivity contribution in [3.63, 3.8) is 0 Å². The molecule has 142 valence electrons. The van der Waals surface area contributed by atoms with Crippen molar-refractivity contribution in [2.75, 3.05) is 24.2 Å². The van der Waals surface area contributed by atoms with E-state index in [0.717, 1.165) is 4.90 Å². The SMILES string of the molecule is CC(=O)c1cccc(NC(=O)[C@@H](C)[NH+](C)CC(=O)Nc2ccccc2Cl)c1. The molecule has 0 aliphatic rings. The Labute approximate surface area is 163 Å². The Morgan fingerprint density at radius 3 is 2.44 bits per heavy atom. The van der Waals surface area contributed by atoms with Crippen molar-refractivity contribution in [2.45, 2.75) is 19.9 Å². The van der Waals surface area contributed by atoms with Crippen LogP contribution in [0, 0.1) is 0 Å². The van der Waals surface area contributed by atoms with Crippen molar-refractivity contribution in [3.8, 4) is 0 Å². The Hall–Kier alpha value is -2.70. The van der Waals surface area contributed by atoms with Crippen LogP contribution in [0.25, 0.3) is 0 Å². The minimum atomic E-state index is -0.469. The molecule has 2 rings (SSSR count). The molecule has 2 atom stereocenters. The molecular formula is C20H23ClN3O3+. The summed E-state index contributed by atoms with van der Waals surface area (Å²) >= 11 is 6.03. The third-order valence-electron chi connectivity index (χ3n) is 4.26. The molecule has 0 bridgehead atoms. The third-order valence-corrected chi connectivity index (χ3v) is 4.59. The Balaban J connectivity index is 1.93. The van der Waals surface area contributed by atoms with E-state index in [1.165, 1.54) is 6.92 Å². The number of hydrogen-bond acceptors (Lipinski definition) is 3. The number of hydrogen-bond donors (Lipinski definition) is 3. The number of carbonyl (C=O) groups is 3. The van der Waals surface area contributed by atoms with Gasteiger partial charge < -0.3 is 15.5 Å². The summed E-state index contributed by atoms with van der Waals surface area (Å²) in [7, 11) is 1.77. The Kier molecular flexibility index (Phi) is 7.10. The van der Waals surface area contributed by atoms with Crippen LogP contribution < -0.4 is 15.5 Å². The lowest BCUT2D eigenvalue weighted by molar-refractivity contribution is -0.885. The molecule has 0 heterocycles.